The van der Waals surface area contributed by atoms with Crippen LogP contribution < -0.4 is 0 Å². The molecule has 5 nitrogen and oxygen atoms in total. The molecule has 0 spiro atoms. The second-order valence-electron chi connectivity index (χ2n) is 6.81. The first-order valence-corrected chi connectivity index (χ1v) is 8.47. The minimum absolute atomic E-state index is 0.351. The Morgan fingerprint density at radius 2 is 2.00 bits per heavy atom. The van der Waals surface area contributed by atoms with E-state index >= 15 is 0 Å². The summed E-state index contributed by atoms with van der Waals surface area (Å²) in [7, 11) is 1.51. The molecule has 2 aliphatic rings. The van der Waals surface area contributed by atoms with Crippen molar-refractivity contribution in [3.63, 3.8) is 0 Å². The molecule has 1 aromatic carbocycles. The fraction of sp³-hybridized carbons (Fsp3) is 0.500. The lowest BCUT2D eigenvalue weighted by atomic mass is 9.63. The van der Waals surface area contributed by atoms with Gasteiger partial charge in [0.1, 0.15) is 11.7 Å². The maximum atomic E-state index is 11.3. The third kappa shape index (κ3) is 2.86. The molecule has 5 heteroatoms. The van der Waals surface area contributed by atoms with Gasteiger partial charge < -0.3 is 24.1 Å². The van der Waals surface area contributed by atoms with Gasteiger partial charge in [-0.05, 0) is 6.42 Å². The minimum Gasteiger partial charge on any atom is -0.380 e. The van der Waals surface area contributed by atoms with Crippen LogP contribution in [0.15, 0.2) is 55.6 Å². The van der Waals surface area contributed by atoms with Crippen LogP contribution in [0.5, 0.6) is 0 Å². The molecular formula is C20H26O5. The van der Waals surface area contributed by atoms with Crippen LogP contribution in [-0.2, 0) is 18.9 Å². The van der Waals surface area contributed by atoms with Crippen LogP contribution in [0.4, 0.5) is 0 Å². The van der Waals surface area contributed by atoms with Gasteiger partial charge >= 0.3 is 0 Å². The molecule has 2 fully saturated rings. The van der Waals surface area contributed by atoms with Gasteiger partial charge in [-0.3, -0.25) is 0 Å². The highest BCUT2D eigenvalue weighted by Gasteiger charge is 2.63. The third-order valence-corrected chi connectivity index (χ3v) is 5.39. The van der Waals surface area contributed by atoms with Crippen molar-refractivity contribution in [1.29, 1.82) is 0 Å². The van der Waals surface area contributed by atoms with E-state index in [2.05, 4.69) is 13.2 Å². The molecule has 0 amide bonds. The van der Waals surface area contributed by atoms with Gasteiger partial charge in [-0.2, -0.15) is 0 Å². The molecule has 25 heavy (non-hydrogen) atoms. The fourth-order valence-electron chi connectivity index (χ4n) is 3.89. The second kappa shape index (κ2) is 7.02. The van der Waals surface area contributed by atoms with Gasteiger partial charge in [0.2, 0.25) is 0 Å². The molecular weight excluding hydrogens is 320 g/mol. The summed E-state index contributed by atoms with van der Waals surface area (Å²) in [5.74, 6) is 0. The summed E-state index contributed by atoms with van der Waals surface area (Å²) in [6.07, 6.45) is 1.66. The molecule has 136 valence electrons. The van der Waals surface area contributed by atoms with E-state index in [0.29, 0.717) is 13.0 Å². The second-order valence-corrected chi connectivity index (χ2v) is 6.81. The number of allylic oxidation sites excluding steroid dienone is 1. The Hall–Kier alpha value is -1.50. The Morgan fingerprint density at radius 3 is 2.60 bits per heavy atom. The van der Waals surface area contributed by atoms with Crippen molar-refractivity contribution >= 4 is 0 Å². The Morgan fingerprint density at radius 1 is 1.28 bits per heavy atom. The zero-order valence-electron chi connectivity index (χ0n) is 14.8. The standard InChI is InChI=1S/C20H26O5/c1-5-12-19(3)16-15(24-18(22-4)20(19,21)6-2)13-23-17(25-16)14-10-8-7-9-11-14/h5-11,15-18,21H,1-2,12-13H2,3-4H3/t15-,16-,17-,18+,19+,20-/m1/s1. The van der Waals surface area contributed by atoms with Crippen molar-refractivity contribution in [2.75, 3.05) is 13.7 Å². The summed E-state index contributed by atoms with van der Waals surface area (Å²) in [4.78, 5) is 0. The monoisotopic (exact) mass is 346 g/mol. The summed E-state index contributed by atoms with van der Waals surface area (Å²) >= 11 is 0. The molecule has 0 bridgehead atoms. The summed E-state index contributed by atoms with van der Waals surface area (Å²) < 4.78 is 23.5. The molecule has 1 N–H and O–H groups in total. The lowest BCUT2D eigenvalue weighted by Crippen LogP contribution is -2.70. The molecule has 3 rings (SSSR count). The van der Waals surface area contributed by atoms with Crippen molar-refractivity contribution in [3.8, 4) is 0 Å². The predicted molar refractivity (Wildman–Crippen MR) is 93.7 cm³/mol. The van der Waals surface area contributed by atoms with E-state index in [-0.39, 0.29) is 6.10 Å². The lowest BCUT2D eigenvalue weighted by molar-refractivity contribution is -0.387. The van der Waals surface area contributed by atoms with Crippen LogP contribution in [0.25, 0.3) is 0 Å². The highest BCUT2D eigenvalue weighted by atomic mass is 16.7. The zero-order valence-corrected chi connectivity index (χ0v) is 14.8. The molecule has 1 aromatic rings. The van der Waals surface area contributed by atoms with Gasteiger partial charge in [-0.1, -0.05) is 49.4 Å². The van der Waals surface area contributed by atoms with Crippen molar-refractivity contribution < 1.29 is 24.1 Å². The van der Waals surface area contributed by atoms with Gasteiger partial charge in [-0.15, -0.1) is 13.2 Å². The van der Waals surface area contributed by atoms with Crippen LogP contribution in [0.2, 0.25) is 0 Å². The van der Waals surface area contributed by atoms with Crippen molar-refractivity contribution in [2.24, 2.45) is 5.41 Å². The van der Waals surface area contributed by atoms with Crippen LogP contribution in [0, 0.1) is 5.41 Å². The average molecular weight is 346 g/mol. The molecule has 0 saturated carbocycles. The molecule has 0 radical (unpaired) electrons. The topological polar surface area (TPSA) is 57.2 Å². The summed E-state index contributed by atoms with van der Waals surface area (Å²) in [6.45, 7) is 9.97. The largest absolute Gasteiger partial charge is 0.380 e. The minimum atomic E-state index is -1.42. The number of benzene rings is 1. The van der Waals surface area contributed by atoms with Crippen molar-refractivity contribution in [3.05, 3.63) is 61.2 Å². The van der Waals surface area contributed by atoms with E-state index in [9.17, 15) is 5.11 Å². The predicted octanol–water partition coefficient (Wildman–Crippen LogP) is 2.97. The number of rotatable bonds is 5. The van der Waals surface area contributed by atoms with Crippen molar-refractivity contribution in [1.82, 2.24) is 0 Å². The van der Waals surface area contributed by atoms with Crippen LogP contribution in [0.1, 0.15) is 25.2 Å². The third-order valence-electron chi connectivity index (χ3n) is 5.39. The van der Waals surface area contributed by atoms with Crippen LogP contribution >= 0.6 is 0 Å². The van der Waals surface area contributed by atoms with Gasteiger partial charge in [0.05, 0.1) is 12.7 Å². The van der Waals surface area contributed by atoms with Crippen molar-refractivity contribution in [2.45, 2.75) is 43.7 Å². The average Bonchev–Trinajstić information content (AvgIpc) is 2.65. The Labute approximate surface area is 148 Å². The zero-order chi connectivity index (χ0) is 18.1. The summed E-state index contributed by atoms with van der Waals surface area (Å²) in [5.41, 5.74) is -1.22. The van der Waals surface area contributed by atoms with Gasteiger partial charge in [0.15, 0.2) is 12.6 Å². The maximum absolute atomic E-state index is 11.3. The quantitative estimate of drug-likeness (QED) is 0.831. The summed E-state index contributed by atoms with van der Waals surface area (Å²) in [5, 5.41) is 11.3. The number of fused-ring (bicyclic) bond motifs is 1. The molecule has 0 aromatic heterocycles. The number of methoxy groups -OCH3 is 1. The van der Waals surface area contributed by atoms with E-state index in [1.54, 1.807) is 6.08 Å². The first kappa shape index (κ1) is 18.3. The maximum Gasteiger partial charge on any atom is 0.190 e. The van der Waals surface area contributed by atoms with E-state index in [4.69, 9.17) is 18.9 Å². The molecule has 2 saturated heterocycles. The van der Waals surface area contributed by atoms with Gasteiger partial charge in [-0.25, -0.2) is 0 Å². The first-order valence-electron chi connectivity index (χ1n) is 8.47. The van der Waals surface area contributed by atoms with E-state index in [1.807, 2.05) is 37.3 Å². The number of ether oxygens (including phenoxy) is 4. The van der Waals surface area contributed by atoms with E-state index in [1.165, 1.54) is 13.2 Å². The Kier molecular flexibility index (Phi) is 5.14. The summed E-state index contributed by atoms with van der Waals surface area (Å²) in [6, 6.07) is 9.74. The Balaban J connectivity index is 1.97. The molecule has 0 aliphatic carbocycles. The molecule has 0 unspecified atom stereocenters. The highest BCUT2D eigenvalue weighted by Crippen LogP contribution is 2.52. The number of aliphatic hydroxyl groups is 1. The first-order chi connectivity index (χ1) is 12.0. The smallest absolute Gasteiger partial charge is 0.190 e. The molecule has 2 heterocycles. The normalized spacial score (nSPS) is 40.9. The Bertz CT molecular complexity index is 618. The lowest BCUT2D eigenvalue weighted by Gasteiger charge is -2.58. The van der Waals surface area contributed by atoms with Crippen LogP contribution in [-0.4, -0.2) is 42.9 Å². The van der Waals surface area contributed by atoms with E-state index in [0.717, 1.165) is 5.56 Å². The number of hydrogen-bond donors (Lipinski definition) is 1. The SMILES string of the molecule is C=CC[C@@]1(C)[C@@H]2O[C@H](c3ccccc3)OC[C@H]2O[C@H](OC)[C@]1(O)C=C. The van der Waals surface area contributed by atoms with Gasteiger partial charge in [0, 0.05) is 18.1 Å². The number of hydrogen-bond acceptors (Lipinski definition) is 5. The molecule has 2 aliphatic heterocycles. The highest BCUT2D eigenvalue weighted by molar-refractivity contribution is 5.20. The van der Waals surface area contributed by atoms with E-state index < -0.39 is 29.7 Å². The van der Waals surface area contributed by atoms with Crippen LogP contribution in [0.3, 0.4) is 0 Å². The van der Waals surface area contributed by atoms with Gasteiger partial charge in [0.25, 0.3) is 0 Å². The molecule has 6 atom stereocenters. The fourth-order valence-corrected chi connectivity index (χ4v) is 3.89.